The van der Waals surface area contributed by atoms with Crippen LogP contribution in [-0.2, 0) is 0 Å². The van der Waals surface area contributed by atoms with Crippen molar-refractivity contribution in [3.05, 3.63) is 24.2 Å². The average Bonchev–Trinajstić information content (AvgIpc) is 3.00. The number of hydrogen-bond acceptors (Lipinski definition) is 6. The van der Waals surface area contributed by atoms with Crippen LogP contribution in [0.25, 0.3) is 11.5 Å². The van der Waals surface area contributed by atoms with Crippen LogP contribution in [0.15, 0.2) is 22.9 Å². The maximum atomic E-state index is 5.30. The lowest BCUT2D eigenvalue weighted by molar-refractivity contribution is 0.422. The Morgan fingerprint density at radius 1 is 1.25 bits per heavy atom. The Morgan fingerprint density at radius 3 is 2.90 bits per heavy atom. The van der Waals surface area contributed by atoms with E-state index in [9.17, 15) is 0 Å². The lowest BCUT2D eigenvalue weighted by Crippen LogP contribution is -2.18. The van der Waals surface area contributed by atoms with Crippen molar-refractivity contribution in [2.45, 2.75) is 31.2 Å². The molecule has 2 fully saturated rings. The van der Waals surface area contributed by atoms with Gasteiger partial charge in [-0.3, -0.25) is 0 Å². The molecule has 0 spiro atoms. The predicted molar refractivity (Wildman–Crippen MR) is 78.9 cm³/mol. The summed E-state index contributed by atoms with van der Waals surface area (Å²) in [6, 6.07) is 4.52. The number of hydrogen-bond donors (Lipinski definition) is 1. The molecule has 3 heterocycles. The van der Waals surface area contributed by atoms with Crippen molar-refractivity contribution in [3.8, 4) is 11.5 Å². The molecule has 20 heavy (non-hydrogen) atoms. The van der Waals surface area contributed by atoms with E-state index in [-0.39, 0.29) is 0 Å². The molecular weight excluding hydrogens is 272 g/mol. The third kappa shape index (κ3) is 2.52. The molecular formula is C14H16N4OS. The van der Waals surface area contributed by atoms with Crippen LogP contribution >= 0.6 is 11.8 Å². The fourth-order valence-corrected chi connectivity index (χ4v) is 3.48. The average molecular weight is 288 g/mol. The molecule has 4 rings (SSSR count). The molecule has 5 nitrogen and oxygen atoms in total. The Balaban J connectivity index is 1.47. The third-order valence-electron chi connectivity index (χ3n) is 3.68. The molecule has 1 saturated heterocycles. The van der Waals surface area contributed by atoms with Crippen LogP contribution in [0, 0.1) is 0 Å². The molecule has 0 unspecified atom stereocenters. The number of pyridine rings is 1. The quantitative estimate of drug-likeness (QED) is 0.933. The van der Waals surface area contributed by atoms with Crippen LogP contribution in [0.5, 0.6) is 0 Å². The minimum atomic E-state index is 0.515. The Kier molecular flexibility index (Phi) is 3.10. The molecule has 0 bridgehead atoms. The molecule has 6 heteroatoms. The van der Waals surface area contributed by atoms with E-state index >= 15 is 0 Å². The molecule has 1 aliphatic carbocycles. The molecule has 2 aliphatic rings. The summed E-state index contributed by atoms with van der Waals surface area (Å²) in [6.45, 7) is 0. The first-order valence-corrected chi connectivity index (χ1v) is 8.18. The van der Waals surface area contributed by atoms with Gasteiger partial charge in [0.2, 0.25) is 0 Å². The molecule has 1 aliphatic heterocycles. The molecule has 104 valence electrons. The van der Waals surface area contributed by atoms with Gasteiger partial charge < -0.3 is 9.84 Å². The number of nitrogens with one attached hydrogen (secondary N) is 1. The van der Waals surface area contributed by atoms with Gasteiger partial charge in [-0.05, 0) is 37.1 Å². The smallest absolute Gasteiger partial charge is 0.259 e. The lowest BCUT2D eigenvalue weighted by atomic mass is 10.2. The normalized spacial score (nSPS) is 22.1. The zero-order chi connectivity index (χ0) is 13.4. The van der Waals surface area contributed by atoms with E-state index in [0.29, 0.717) is 17.9 Å². The van der Waals surface area contributed by atoms with E-state index in [1.54, 1.807) is 6.20 Å². The van der Waals surface area contributed by atoms with Crippen molar-refractivity contribution in [2.24, 2.45) is 0 Å². The summed E-state index contributed by atoms with van der Waals surface area (Å²) < 4.78 is 5.30. The maximum absolute atomic E-state index is 5.30. The van der Waals surface area contributed by atoms with Crippen LogP contribution in [0.4, 0.5) is 5.82 Å². The van der Waals surface area contributed by atoms with Crippen LogP contribution in [-0.4, -0.2) is 32.7 Å². The Labute approximate surface area is 121 Å². The molecule has 0 aromatic carbocycles. The fourth-order valence-electron chi connectivity index (χ4n) is 2.32. The summed E-state index contributed by atoms with van der Waals surface area (Å²) in [5, 5.41) is 7.48. The van der Waals surface area contributed by atoms with Gasteiger partial charge in [0, 0.05) is 23.9 Å². The van der Waals surface area contributed by atoms with Crippen LogP contribution in [0.3, 0.4) is 0 Å². The summed E-state index contributed by atoms with van der Waals surface area (Å²) in [5.41, 5.74) is 0.885. The van der Waals surface area contributed by atoms with Crippen LogP contribution in [0.2, 0.25) is 0 Å². The monoisotopic (exact) mass is 288 g/mol. The van der Waals surface area contributed by atoms with Crippen molar-refractivity contribution in [1.82, 2.24) is 15.1 Å². The Morgan fingerprint density at radius 2 is 2.20 bits per heavy atom. The van der Waals surface area contributed by atoms with Crippen molar-refractivity contribution in [1.29, 1.82) is 0 Å². The van der Waals surface area contributed by atoms with Gasteiger partial charge in [-0.25, -0.2) is 4.98 Å². The molecule has 0 radical (unpaired) electrons. The first kappa shape index (κ1) is 12.2. The van der Waals surface area contributed by atoms with Gasteiger partial charge in [-0.1, -0.05) is 5.16 Å². The highest BCUT2D eigenvalue weighted by molar-refractivity contribution is 7.99. The van der Waals surface area contributed by atoms with E-state index < -0.39 is 0 Å². The van der Waals surface area contributed by atoms with Crippen LogP contribution < -0.4 is 5.32 Å². The largest absolute Gasteiger partial charge is 0.366 e. The summed E-state index contributed by atoms with van der Waals surface area (Å²) in [4.78, 5) is 8.87. The van der Waals surface area contributed by atoms with E-state index in [0.717, 1.165) is 23.0 Å². The fraction of sp³-hybridized carbons (Fsp3) is 0.500. The number of nitrogens with zero attached hydrogens (tertiary/aromatic N) is 3. The zero-order valence-corrected chi connectivity index (χ0v) is 11.9. The SMILES string of the molecule is c1cc(N[C@H]2CCSC2)ncc1-c1nc(C2CC2)no1. The highest BCUT2D eigenvalue weighted by Crippen LogP contribution is 2.38. The summed E-state index contributed by atoms with van der Waals surface area (Å²) in [5.74, 6) is 5.25. The van der Waals surface area contributed by atoms with E-state index in [1.165, 1.54) is 25.0 Å². The highest BCUT2D eigenvalue weighted by Gasteiger charge is 2.29. The maximum Gasteiger partial charge on any atom is 0.259 e. The minimum Gasteiger partial charge on any atom is -0.366 e. The minimum absolute atomic E-state index is 0.515. The van der Waals surface area contributed by atoms with Gasteiger partial charge >= 0.3 is 0 Å². The molecule has 1 N–H and O–H groups in total. The first-order chi connectivity index (χ1) is 9.88. The zero-order valence-electron chi connectivity index (χ0n) is 11.1. The van der Waals surface area contributed by atoms with Gasteiger partial charge in [-0.15, -0.1) is 0 Å². The van der Waals surface area contributed by atoms with Crippen molar-refractivity contribution >= 4 is 17.6 Å². The number of rotatable bonds is 4. The van der Waals surface area contributed by atoms with Gasteiger partial charge in [0.15, 0.2) is 5.82 Å². The molecule has 1 atom stereocenters. The van der Waals surface area contributed by atoms with Gasteiger partial charge in [0.25, 0.3) is 5.89 Å². The summed E-state index contributed by atoms with van der Waals surface area (Å²) in [6.07, 6.45) is 5.37. The van der Waals surface area contributed by atoms with E-state index in [1.807, 2.05) is 23.9 Å². The summed E-state index contributed by atoms with van der Waals surface area (Å²) in [7, 11) is 0. The van der Waals surface area contributed by atoms with Gasteiger partial charge in [0.05, 0.1) is 5.56 Å². The predicted octanol–water partition coefficient (Wildman–Crippen LogP) is 2.93. The lowest BCUT2D eigenvalue weighted by Gasteiger charge is -2.11. The molecule has 1 saturated carbocycles. The van der Waals surface area contributed by atoms with Crippen molar-refractivity contribution < 1.29 is 4.52 Å². The summed E-state index contributed by atoms with van der Waals surface area (Å²) >= 11 is 1.99. The third-order valence-corrected chi connectivity index (χ3v) is 4.84. The first-order valence-electron chi connectivity index (χ1n) is 7.03. The number of aromatic nitrogens is 3. The molecule has 0 amide bonds. The number of anilines is 1. The van der Waals surface area contributed by atoms with Crippen molar-refractivity contribution in [3.63, 3.8) is 0 Å². The van der Waals surface area contributed by atoms with Gasteiger partial charge in [-0.2, -0.15) is 16.7 Å². The van der Waals surface area contributed by atoms with E-state index in [4.69, 9.17) is 4.52 Å². The highest BCUT2D eigenvalue weighted by atomic mass is 32.2. The van der Waals surface area contributed by atoms with Crippen LogP contribution in [0.1, 0.15) is 31.0 Å². The number of thioether (sulfide) groups is 1. The Hall–Kier alpha value is -1.56. The second kappa shape index (κ2) is 5.09. The van der Waals surface area contributed by atoms with Gasteiger partial charge in [0.1, 0.15) is 5.82 Å². The second-order valence-electron chi connectivity index (χ2n) is 5.37. The standard InChI is InChI=1S/C14H16N4OS/c1-2-9(1)13-17-14(19-18-13)10-3-4-12(15-7-10)16-11-5-6-20-8-11/h3-4,7,9,11H,1-2,5-6,8H2,(H,15,16)/t11-/m0/s1. The Bertz CT molecular complexity index is 587. The molecule has 2 aromatic rings. The second-order valence-corrected chi connectivity index (χ2v) is 6.52. The topological polar surface area (TPSA) is 63.8 Å². The molecule has 2 aromatic heterocycles. The van der Waals surface area contributed by atoms with Crippen molar-refractivity contribution in [2.75, 3.05) is 16.8 Å². The van der Waals surface area contributed by atoms with E-state index in [2.05, 4.69) is 20.4 Å².